The van der Waals surface area contributed by atoms with E-state index >= 15 is 0 Å². The van der Waals surface area contributed by atoms with Crippen molar-refractivity contribution in [1.29, 1.82) is 0 Å². The molecule has 7 nitrogen and oxygen atoms in total. The molecule has 0 spiro atoms. The van der Waals surface area contributed by atoms with Crippen molar-refractivity contribution in [3.8, 4) is 5.75 Å². The molecular formula is C25H27N5O2. The zero-order valence-corrected chi connectivity index (χ0v) is 18.6. The van der Waals surface area contributed by atoms with Crippen LogP contribution in [0.4, 0.5) is 5.82 Å². The predicted octanol–water partition coefficient (Wildman–Crippen LogP) is 3.99. The van der Waals surface area contributed by atoms with Crippen LogP contribution < -0.4 is 15.6 Å². The van der Waals surface area contributed by atoms with E-state index in [1.807, 2.05) is 49.4 Å². The third-order valence-electron chi connectivity index (χ3n) is 5.38. The first-order valence-electron chi connectivity index (χ1n) is 10.7. The Morgan fingerprint density at radius 3 is 2.66 bits per heavy atom. The second-order valence-electron chi connectivity index (χ2n) is 7.92. The van der Waals surface area contributed by atoms with E-state index in [1.165, 1.54) is 10.2 Å². The quantitative estimate of drug-likeness (QED) is 0.456. The predicted molar refractivity (Wildman–Crippen MR) is 126 cm³/mol. The summed E-state index contributed by atoms with van der Waals surface area (Å²) in [6.07, 6.45) is 3.62. The number of hydrogen-bond donors (Lipinski definition) is 1. The molecule has 2 aromatic carbocycles. The lowest BCUT2D eigenvalue weighted by Crippen LogP contribution is -2.24. The van der Waals surface area contributed by atoms with Gasteiger partial charge in [0.25, 0.3) is 5.56 Å². The molecular weight excluding hydrogens is 402 g/mol. The van der Waals surface area contributed by atoms with Gasteiger partial charge in [0.15, 0.2) is 0 Å². The van der Waals surface area contributed by atoms with Gasteiger partial charge in [-0.05, 0) is 50.5 Å². The van der Waals surface area contributed by atoms with Crippen molar-refractivity contribution >= 4 is 16.6 Å². The van der Waals surface area contributed by atoms with E-state index in [-0.39, 0.29) is 11.6 Å². The first-order chi connectivity index (χ1) is 15.5. The Kier molecular flexibility index (Phi) is 6.44. The number of nitrogens with one attached hydrogen (secondary N) is 1. The average Bonchev–Trinajstić information content (AvgIpc) is 2.80. The van der Waals surface area contributed by atoms with Gasteiger partial charge < -0.3 is 10.1 Å². The first-order valence-corrected chi connectivity index (χ1v) is 10.7. The Morgan fingerprint density at radius 1 is 1.09 bits per heavy atom. The zero-order chi connectivity index (χ0) is 22.5. The number of fused-ring (bicyclic) bond motifs is 1. The highest BCUT2D eigenvalue weighted by molar-refractivity contribution is 5.80. The molecule has 32 heavy (non-hydrogen) atoms. The van der Waals surface area contributed by atoms with Crippen molar-refractivity contribution < 1.29 is 4.74 Å². The highest BCUT2D eigenvalue weighted by Gasteiger charge is 2.10. The normalized spacial score (nSPS) is 12.0. The fourth-order valence-electron chi connectivity index (χ4n) is 3.68. The van der Waals surface area contributed by atoms with Crippen LogP contribution >= 0.6 is 0 Å². The molecule has 4 aromatic rings. The van der Waals surface area contributed by atoms with Gasteiger partial charge in [-0.25, -0.2) is 14.6 Å². The molecule has 0 saturated heterocycles. The topological polar surface area (TPSA) is 81.9 Å². The molecule has 2 heterocycles. The third kappa shape index (κ3) is 5.11. The van der Waals surface area contributed by atoms with E-state index in [0.717, 1.165) is 35.5 Å². The molecule has 2 aromatic heterocycles. The SMILES string of the molecule is COc1ccc(CC[C@H](C)Nc2cc(Cn3ncc4ccccc4c3=O)nc(C)n2)cc1. The van der Waals surface area contributed by atoms with Gasteiger partial charge in [0, 0.05) is 17.5 Å². The van der Waals surface area contributed by atoms with Crippen LogP contribution in [0.25, 0.3) is 10.8 Å². The minimum Gasteiger partial charge on any atom is -0.497 e. The lowest BCUT2D eigenvalue weighted by Gasteiger charge is -2.16. The van der Waals surface area contributed by atoms with Crippen LogP contribution in [0, 0.1) is 6.92 Å². The molecule has 0 fully saturated rings. The lowest BCUT2D eigenvalue weighted by molar-refractivity contribution is 0.414. The van der Waals surface area contributed by atoms with Crippen LogP contribution in [0.5, 0.6) is 5.75 Å². The molecule has 0 saturated carbocycles. The highest BCUT2D eigenvalue weighted by Crippen LogP contribution is 2.15. The van der Waals surface area contributed by atoms with Gasteiger partial charge in [-0.15, -0.1) is 0 Å². The van der Waals surface area contributed by atoms with Gasteiger partial charge in [-0.3, -0.25) is 4.79 Å². The number of benzene rings is 2. The lowest BCUT2D eigenvalue weighted by atomic mass is 10.1. The van der Waals surface area contributed by atoms with Crippen LogP contribution in [0.15, 0.2) is 65.6 Å². The second kappa shape index (κ2) is 9.60. The summed E-state index contributed by atoms with van der Waals surface area (Å²) >= 11 is 0. The molecule has 0 aliphatic heterocycles. The van der Waals surface area contributed by atoms with E-state index in [9.17, 15) is 4.79 Å². The minimum atomic E-state index is -0.123. The van der Waals surface area contributed by atoms with Gasteiger partial charge in [0.1, 0.15) is 17.4 Å². The fourth-order valence-corrected chi connectivity index (χ4v) is 3.68. The Bertz CT molecular complexity index is 1270. The van der Waals surface area contributed by atoms with Crippen molar-refractivity contribution in [3.63, 3.8) is 0 Å². The number of aromatic nitrogens is 4. The number of nitrogens with zero attached hydrogens (tertiary/aromatic N) is 4. The number of anilines is 1. The number of methoxy groups -OCH3 is 1. The molecule has 7 heteroatoms. The average molecular weight is 430 g/mol. The molecule has 0 unspecified atom stereocenters. The number of hydrogen-bond acceptors (Lipinski definition) is 6. The van der Waals surface area contributed by atoms with E-state index in [4.69, 9.17) is 4.74 Å². The monoisotopic (exact) mass is 429 g/mol. The summed E-state index contributed by atoms with van der Waals surface area (Å²) in [4.78, 5) is 21.8. The largest absolute Gasteiger partial charge is 0.497 e. The van der Waals surface area contributed by atoms with E-state index in [2.05, 4.69) is 39.4 Å². The Balaban J connectivity index is 1.44. The summed E-state index contributed by atoms with van der Waals surface area (Å²) in [5, 5.41) is 9.26. The van der Waals surface area contributed by atoms with Crippen LogP contribution in [0.1, 0.15) is 30.4 Å². The first kappa shape index (κ1) is 21.5. The summed E-state index contributed by atoms with van der Waals surface area (Å²) in [6, 6.07) is 17.7. The molecule has 4 rings (SSSR count). The van der Waals surface area contributed by atoms with E-state index in [1.54, 1.807) is 13.3 Å². The Hall–Kier alpha value is -3.74. The molecule has 0 radical (unpaired) electrons. The van der Waals surface area contributed by atoms with Gasteiger partial charge >= 0.3 is 0 Å². The summed E-state index contributed by atoms with van der Waals surface area (Å²) in [5.74, 6) is 2.27. The highest BCUT2D eigenvalue weighted by atomic mass is 16.5. The minimum absolute atomic E-state index is 0.123. The maximum atomic E-state index is 12.8. The number of ether oxygens (including phenoxy) is 1. The Labute approximate surface area is 187 Å². The molecule has 1 N–H and O–H groups in total. The molecule has 0 bridgehead atoms. The smallest absolute Gasteiger partial charge is 0.274 e. The molecule has 1 atom stereocenters. The molecule has 0 amide bonds. The third-order valence-corrected chi connectivity index (χ3v) is 5.38. The molecule has 0 aliphatic carbocycles. The summed E-state index contributed by atoms with van der Waals surface area (Å²) in [6.45, 7) is 4.28. The van der Waals surface area contributed by atoms with Crippen molar-refractivity contribution in [3.05, 3.63) is 88.2 Å². The van der Waals surface area contributed by atoms with Crippen molar-refractivity contribution in [2.45, 2.75) is 39.3 Å². The van der Waals surface area contributed by atoms with Crippen molar-refractivity contribution in [2.75, 3.05) is 12.4 Å². The maximum Gasteiger partial charge on any atom is 0.274 e. The van der Waals surface area contributed by atoms with Crippen molar-refractivity contribution in [1.82, 2.24) is 19.7 Å². The molecule has 0 aliphatic rings. The van der Waals surface area contributed by atoms with Gasteiger partial charge in [0.05, 0.1) is 30.9 Å². The van der Waals surface area contributed by atoms with Crippen LogP contribution in [-0.2, 0) is 13.0 Å². The zero-order valence-electron chi connectivity index (χ0n) is 18.6. The van der Waals surface area contributed by atoms with Crippen LogP contribution in [-0.4, -0.2) is 32.9 Å². The van der Waals surface area contributed by atoms with Gasteiger partial charge in [0.2, 0.25) is 0 Å². The maximum absolute atomic E-state index is 12.8. The fraction of sp³-hybridized carbons (Fsp3) is 0.280. The van der Waals surface area contributed by atoms with Gasteiger partial charge in [-0.1, -0.05) is 30.3 Å². The van der Waals surface area contributed by atoms with E-state index in [0.29, 0.717) is 17.8 Å². The number of aryl methyl sites for hydroxylation is 2. The molecule has 164 valence electrons. The van der Waals surface area contributed by atoms with Crippen LogP contribution in [0.2, 0.25) is 0 Å². The van der Waals surface area contributed by atoms with Crippen molar-refractivity contribution in [2.24, 2.45) is 0 Å². The summed E-state index contributed by atoms with van der Waals surface area (Å²) in [7, 11) is 1.67. The summed E-state index contributed by atoms with van der Waals surface area (Å²) in [5.41, 5.74) is 1.88. The second-order valence-corrected chi connectivity index (χ2v) is 7.92. The van der Waals surface area contributed by atoms with Crippen LogP contribution in [0.3, 0.4) is 0 Å². The standard InChI is InChI=1S/C25H27N5O2/c1-17(8-9-19-10-12-22(32-3)13-11-19)27-24-14-21(28-18(2)29-24)16-30-25(31)23-7-5-4-6-20(23)15-26-30/h4-7,10-15,17H,8-9,16H2,1-3H3,(H,27,28,29)/t17-/m0/s1. The van der Waals surface area contributed by atoms with E-state index < -0.39 is 0 Å². The Morgan fingerprint density at radius 2 is 1.88 bits per heavy atom. The summed E-state index contributed by atoms with van der Waals surface area (Å²) < 4.78 is 6.66. The number of rotatable bonds is 8. The van der Waals surface area contributed by atoms with Gasteiger partial charge in [-0.2, -0.15) is 5.10 Å².